The van der Waals surface area contributed by atoms with Gasteiger partial charge in [0.15, 0.2) is 0 Å². The highest BCUT2D eigenvalue weighted by atomic mass is 16.5. The lowest BCUT2D eigenvalue weighted by atomic mass is 9.76. The molecule has 0 heterocycles. The molecule has 1 rings (SSSR count). The molecule has 0 aromatic heterocycles. The Kier molecular flexibility index (Phi) is 7.38. The quantitative estimate of drug-likeness (QED) is 0.706. The van der Waals surface area contributed by atoms with E-state index in [0.29, 0.717) is 6.04 Å². The van der Waals surface area contributed by atoms with Crippen LogP contribution in [0.5, 0.6) is 0 Å². The second kappa shape index (κ2) is 8.26. The normalized spacial score (nSPS) is 26.4. The van der Waals surface area contributed by atoms with E-state index in [9.17, 15) is 0 Å². The predicted octanol–water partition coefficient (Wildman–Crippen LogP) is 4.39. The van der Waals surface area contributed by atoms with E-state index in [2.05, 4.69) is 33.0 Å². The van der Waals surface area contributed by atoms with Crippen LogP contribution in [0.2, 0.25) is 0 Å². The van der Waals surface area contributed by atoms with E-state index in [1.807, 2.05) is 7.11 Å². The minimum Gasteiger partial charge on any atom is -0.379 e. The summed E-state index contributed by atoms with van der Waals surface area (Å²) in [6.07, 6.45) is 9.30. The van der Waals surface area contributed by atoms with Crippen molar-refractivity contribution in [2.75, 3.05) is 13.7 Å². The summed E-state index contributed by atoms with van der Waals surface area (Å²) in [5.41, 5.74) is 0.0203. The van der Waals surface area contributed by atoms with Crippen LogP contribution in [0.4, 0.5) is 0 Å². The van der Waals surface area contributed by atoms with Gasteiger partial charge >= 0.3 is 0 Å². The van der Waals surface area contributed by atoms with Crippen molar-refractivity contribution in [2.24, 2.45) is 11.8 Å². The molecule has 2 heteroatoms. The van der Waals surface area contributed by atoms with Gasteiger partial charge in [0.25, 0.3) is 0 Å². The summed E-state index contributed by atoms with van der Waals surface area (Å²) in [5, 5.41) is 3.80. The molecule has 1 saturated carbocycles. The number of hydrogen-bond donors (Lipinski definition) is 1. The Balaban J connectivity index is 2.50. The summed E-state index contributed by atoms with van der Waals surface area (Å²) >= 11 is 0. The molecule has 19 heavy (non-hydrogen) atoms. The lowest BCUT2D eigenvalue weighted by Crippen LogP contribution is -2.40. The number of hydrogen-bond acceptors (Lipinski definition) is 2. The Hall–Kier alpha value is -0.0800. The van der Waals surface area contributed by atoms with Gasteiger partial charge in [0.05, 0.1) is 5.60 Å². The van der Waals surface area contributed by atoms with E-state index in [0.717, 1.165) is 24.8 Å². The van der Waals surface area contributed by atoms with Gasteiger partial charge in [-0.05, 0) is 64.3 Å². The summed E-state index contributed by atoms with van der Waals surface area (Å²) in [5.74, 6) is 1.79. The Morgan fingerprint density at radius 2 is 2.05 bits per heavy atom. The standard InChI is InChI=1S/C17H35NO/c1-6-12-18-16(10-11-17(3,4)19-5)15-9-7-8-14(2)13-15/h14-16,18H,6-13H2,1-5H3. The maximum atomic E-state index is 5.57. The molecule has 114 valence electrons. The van der Waals surface area contributed by atoms with Crippen LogP contribution >= 0.6 is 0 Å². The zero-order chi connectivity index (χ0) is 14.3. The summed E-state index contributed by atoms with van der Waals surface area (Å²) < 4.78 is 5.57. The molecule has 3 unspecified atom stereocenters. The predicted molar refractivity (Wildman–Crippen MR) is 83.5 cm³/mol. The molecular formula is C17H35NO. The highest BCUT2D eigenvalue weighted by molar-refractivity contribution is 4.83. The Bertz CT molecular complexity index is 239. The third-order valence-corrected chi connectivity index (χ3v) is 4.81. The topological polar surface area (TPSA) is 21.3 Å². The number of nitrogens with one attached hydrogen (secondary N) is 1. The fraction of sp³-hybridized carbons (Fsp3) is 1.00. The van der Waals surface area contributed by atoms with Crippen LogP contribution in [-0.4, -0.2) is 25.3 Å². The van der Waals surface area contributed by atoms with E-state index < -0.39 is 0 Å². The van der Waals surface area contributed by atoms with Gasteiger partial charge in [-0.2, -0.15) is 0 Å². The van der Waals surface area contributed by atoms with Crippen LogP contribution in [0.1, 0.15) is 72.6 Å². The second-order valence-corrected chi connectivity index (χ2v) is 7.09. The second-order valence-electron chi connectivity index (χ2n) is 7.09. The molecule has 1 aliphatic rings. The van der Waals surface area contributed by atoms with Gasteiger partial charge in [-0.3, -0.25) is 0 Å². The first kappa shape index (κ1) is 17.0. The number of ether oxygens (including phenoxy) is 1. The molecule has 0 aliphatic heterocycles. The SMILES string of the molecule is CCCNC(CCC(C)(C)OC)C1CCCC(C)C1. The van der Waals surface area contributed by atoms with E-state index in [4.69, 9.17) is 4.74 Å². The average molecular weight is 269 g/mol. The van der Waals surface area contributed by atoms with E-state index in [1.165, 1.54) is 38.5 Å². The third kappa shape index (κ3) is 6.27. The Morgan fingerprint density at radius 3 is 2.63 bits per heavy atom. The molecule has 0 radical (unpaired) electrons. The molecule has 3 atom stereocenters. The maximum absolute atomic E-state index is 5.57. The number of methoxy groups -OCH3 is 1. The highest BCUT2D eigenvalue weighted by Crippen LogP contribution is 2.33. The van der Waals surface area contributed by atoms with Crippen molar-refractivity contribution in [3.8, 4) is 0 Å². The monoisotopic (exact) mass is 269 g/mol. The molecule has 0 bridgehead atoms. The average Bonchev–Trinajstić information content (AvgIpc) is 2.39. The first-order valence-electron chi connectivity index (χ1n) is 8.27. The van der Waals surface area contributed by atoms with Crippen LogP contribution in [0, 0.1) is 11.8 Å². The van der Waals surface area contributed by atoms with Crippen LogP contribution in [0.3, 0.4) is 0 Å². The van der Waals surface area contributed by atoms with Gasteiger partial charge in [-0.15, -0.1) is 0 Å². The molecule has 0 spiro atoms. The van der Waals surface area contributed by atoms with Crippen LogP contribution in [0.15, 0.2) is 0 Å². The molecule has 1 aliphatic carbocycles. The van der Waals surface area contributed by atoms with E-state index in [1.54, 1.807) is 0 Å². The molecule has 0 aromatic rings. The van der Waals surface area contributed by atoms with Gasteiger partial charge in [-0.1, -0.05) is 26.7 Å². The molecule has 0 amide bonds. The van der Waals surface area contributed by atoms with E-state index >= 15 is 0 Å². The fourth-order valence-electron chi connectivity index (χ4n) is 3.29. The summed E-state index contributed by atoms with van der Waals surface area (Å²) in [7, 11) is 1.83. The van der Waals surface area contributed by atoms with Crippen LogP contribution in [0.25, 0.3) is 0 Å². The maximum Gasteiger partial charge on any atom is 0.0623 e. The van der Waals surface area contributed by atoms with E-state index in [-0.39, 0.29) is 5.60 Å². The van der Waals surface area contributed by atoms with Gasteiger partial charge in [0.1, 0.15) is 0 Å². The largest absolute Gasteiger partial charge is 0.379 e. The van der Waals surface area contributed by atoms with Gasteiger partial charge in [0.2, 0.25) is 0 Å². The molecule has 0 aromatic carbocycles. The molecule has 2 nitrogen and oxygen atoms in total. The van der Waals surface area contributed by atoms with Crippen molar-refractivity contribution in [1.29, 1.82) is 0 Å². The smallest absolute Gasteiger partial charge is 0.0623 e. The zero-order valence-electron chi connectivity index (χ0n) is 13.8. The van der Waals surface area contributed by atoms with Crippen molar-refractivity contribution < 1.29 is 4.74 Å². The van der Waals surface area contributed by atoms with Gasteiger partial charge in [0, 0.05) is 13.2 Å². The van der Waals surface area contributed by atoms with Crippen molar-refractivity contribution in [3.05, 3.63) is 0 Å². The van der Waals surface area contributed by atoms with Crippen molar-refractivity contribution in [2.45, 2.75) is 84.3 Å². The van der Waals surface area contributed by atoms with Gasteiger partial charge < -0.3 is 10.1 Å². The molecular weight excluding hydrogens is 234 g/mol. The Morgan fingerprint density at radius 1 is 1.32 bits per heavy atom. The minimum absolute atomic E-state index is 0.0203. The first-order chi connectivity index (χ1) is 8.98. The molecule has 1 fully saturated rings. The van der Waals surface area contributed by atoms with Crippen molar-refractivity contribution in [1.82, 2.24) is 5.32 Å². The Labute approximate surface area is 120 Å². The molecule has 1 N–H and O–H groups in total. The number of rotatable bonds is 8. The molecule has 0 saturated heterocycles. The zero-order valence-corrected chi connectivity index (χ0v) is 13.8. The highest BCUT2D eigenvalue weighted by Gasteiger charge is 2.28. The van der Waals surface area contributed by atoms with Gasteiger partial charge in [-0.25, -0.2) is 0 Å². The fourth-order valence-corrected chi connectivity index (χ4v) is 3.29. The third-order valence-electron chi connectivity index (χ3n) is 4.81. The van der Waals surface area contributed by atoms with Crippen molar-refractivity contribution >= 4 is 0 Å². The summed E-state index contributed by atoms with van der Waals surface area (Å²) in [6, 6.07) is 0.692. The summed E-state index contributed by atoms with van der Waals surface area (Å²) in [6.45, 7) is 10.2. The summed E-state index contributed by atoms with van der Waals surface area (Å²) in [4.78, 5) is 0. The lowest BCUT2D eigenvalue weighted by molar-refractivity contribution is 0.00918. The van der Waals surface area contributed by atoms with Crippen LogP contribution in [-0.2, 0) is 4.74 Å². The van der Waals surface area contributed by atoms with Crippen LogP contribution < -0.4 is 5.32 Å². The van der Waals surface area contributed by atoms with Crippen molar-refractivity contribution in [3.63, 3.8) is 0 Å². The first-order valence-corrected chi connectivity index (χ1v) is 8.27. The minimum atomic E-state index is 0.0203. The lowest BCUT2D eigenvalue weighted by Gasteiger charge is -2.35.